The summed E-state index contributed by atoms with van der Waals surface area (Å²) in [7, 11) is 0. The molecule has 0 radical (unpaired) electrons. The number of nitrogens with zero attached hydrogens (tertiary/aromatic N) is 3. The third-order valence-corrected chi connectivity index (χ3v) is 3.67. The number of nitriles is 1. The van der Waals surface area contributed by atoms with E-state index in [1.165, 1.54) is 10.5 Å². The second-order valence-corrected chi connectivity index (χ2v) is 5.33. The van der Waals surface area contributed by atoms with Gasteiger partial charge in [-0.3, -0.25) is 19.0 Å². The molecule has 1 amide bonds. The number of aromatic nitrogens is 2. The van der Waals surface area contributed by atoms with Crippen LogP contribution in [-0.2, 0) is 11.3 Å². The lowest BCUT2D eigenvalue weighted by atomic mass is 10.2. The van der Waals surface area contributed by atoms with Crippen molar-refractivity contribution >= 4 is 17.1 Å². The van der Waals surface area contributed by atoms with Crippen LogP contribution < -0.4 is 16.2 Å². The monoisotopic (exact) mass is 333 g/mol. The number of pyridine rings is 3. The van der Waals surface area contributed by atoms with Gasteiger partial charge < -0.3 is 10.6 Å². The van der Waals surface area contributed by atoms with Gasteiger partial charge in [0.2, 0.25) is 5.91 Å². The molecule has 0 saturated carbocycles. The second-order valence-electron chi connectivity index (χ2n) is 5.33. The Bertz CT molecular complexity index is 1010. The van der Waals surface area contributed by atoms with E-state index in [1.54, 1.807) is 36.8 Å². The van der Waals surface area contributed by atoms with Crippen LogP contribution in [0.25, 0.3) is 5.52 Å². The Morgan fingerprint density at radius 2 is 2.04 bits per heavy atom. The molecule has 0 saturated heterocycles. The maximum absolute atomic E-state index is 12.4. The molecule has 0 aliphatic heterocycles. The molecule has 2 N–H and O–H groups in total. The number of rotatable bonds is 5. The van der Waals surface area contributed by atoms with E-state index in [0.29, 0.717) is 17.6 Å². The summed E-state index contributed by atoms with van der Waals surface area (Å²) in [6.07, 6.45) is 4.89. The van der Waals surface area contributed by atoms with Crippen molar-refractivity contribution in [3.63, 3.8) is 0 Å². The molecule has 0 aromatic carbocycles. The Balaban J connectivity index is 1.71. The van der Waals surface area contributed by atoms with Gasteiger partial charge in [0.15, 0.2) is 0 Å². The number of carbonyl (C=O) groups is 1. The van der Waals surface area contributed by atoms with Crippen LogP contribution in [0.15, 0.2) is 59.8 Å². The van der Waals surface area contributed by atoms with Gasteiger partial charge >= 0.3 is 0 Å². The largest absolute Gasteiger partial charge is 0.372 e. The van der Waals surface area contributed by atoms with E-state index in [1.807, 2.05) is 12.1 Å². The first-order valence-corrected chi connectivity index (χ1v) is 7.63. The average Bonchev–Trinajstić information content (AvgIpc) is 2.67. The van der Waals surface area contributed by atoms with E-state index in [2.05, 4.69) is 21.7 Å². The summed E-state index contributed by atoms with van der Waals surface area (Å²) in [6, 6.07) is 12.3. The molecule has 7 heteroatoms. The van der Waals surface area contributed by atoms with Crippen LogP contribution >= 0.6 is 0 Å². The van der Waals surface area contributed by atoms with Crippen molar-refractivity contribution < 1.29 is 4.79 Å². The summed E-state index contributed by atoms with van der Waals surface area (Å²) >= 11 is 0. The third kappa shape index (κ3) is 3.64. The lowest BCUT2D eigenvalue weighted by Crippen LogP contribution is -2.31. The van der Waals surface area contributed by atoms with Gasteiger partial charge in [0.1, 0.15) is 11.8 Å². The van der Waals surface area contributed by atoms with E-state index < -0.39 is 0 Å². The smallest absolute Gasteiger partial charge is 0.278 e. The van der Waals surface area contributed by atoms with Gasteiger partial charge in [-0.25, -0.2) is 0 Å². The third-order valence-electron chi connectivity index (χ3n) is 3.67. The van der Waals surface area contributed by atoms with Gasteiger partial charge in [0, 0.05) is 25.1 Å². The van der Waals surface area contributed by atoms with Crippen molar-refractivity contribution in [2.45, 2.75) is 6.54 Å². The van der Waals surface area contributed by atoms with E-state index in [9.17, 15) is 14.9 Å². The Hall–Kier alpha value is -3.66. The molecular formula is C18H15N5O2. The minimum absolute atomic E-state index is 0.0654. The second kappa shape index (κ2) is 7.27. The zero-order chi connectivity index (χ0) is 17.6. The van der Waals surface area contributed by atoms with E-state index in [4.69, 9.17) is 0 Å². The van der Waals surface area contributed by atoms with Crippen LogP contribution in [0, 0.1) is 11.3 Å². The predicted octanol–water partition coefficient (Wildman–Crippen LogP) is 1.29. The molecule has 124 valence electrons. The Kier molecular flexibility index (Phi) is 4.72. The van der Waals surface area contributed by atoms with Gasteiger partial charge in [-0.2, -0.15) is 5.26 Å². The molecule has 0 aliphatic carbocycles. The molecule has 0 unspecified atom stereocenters. The summed E-state index contributed by atoms with van der Waals surface area (Å²) < 4.78 is 1.38. The number of carbonyl (C=O) groups excluding carboxylic acids is 1. The topological polar surface area (TPSA) is 99.3 Å². The van der Waals surface area contributed by atoms with Crippen molar-refractivity contribution in [1.82, 2.24) is 14.7 Å². The SMILES string of the molecule is N#Cc1cc(NCC(=O)NCc2ccncc2)c(=O)n2ccccc12. The summed E-state index contributed by atoms with van der Waals surface area (Å²) in [5.74, 6) is -0.257. The molecule has 0 spiro atoms. The van der Waals surface area contributed by atoms with E-state index >= 15 is 0 Å². The van der Waals surface area contributed by atoms with Crippen molar-refractivity contribution in [3.05, 3.63) is 76.5 Å². The average molecular weight is 333 g/mol. The summed E-state index contributed by atoms with van der Waals surface area (Å²) in [6.45, 7) is 0.313. The van der Waals surface area contributed by atoms with Crippen molar-refractivity contribution in [3.8, 4) is 6.07 Å². The van der Waals surface area contributed by atoms with E-state index in [-0.39, 0.29) is 23.7 Å². The molecule has 25 heavy (non-hydrogen) atoms. The highest BCUT2D eigenvalue weighted by Crippen LogP contribution is 2.12. The molecule has 7 nitrogen and oxygen atoms in total. The fraction of sp³-hybridized carbons (Fsp3) is 0.111. The van der Waals surface area contributed by atoms with Gasteiger partial charge in [-0.15, -0.1) is 0 Å². The number of fused-ring (bicyclic) bond motifs is 1. The molecule has 3 heterocycles. The number of hydrogen-bond acceptors (Lipinski definition) is 5. The number of nitrogens with one attached hydrogen (secondary N) is 2. The maximum Gasteiger partial charge on any atom is 0.278 e. The Morgan fingerprint density at radius 3 is 2.80 bits per heavy atom. The molecule has 0 fully saturated rings. The van der Waals surface area contributed by atoms with Crippen LogP contribution in [0.4, 0.5) is 5.69 Å². The summed E-state index contributed by atoms with van der Waals surface area (Å²) in [5, 5.41) is 14.8. The van der Waals surface area contributed by atoms with Gasteiger partial charge in [0.05, 0.1) is 17.6 Å². The fourth-order valence-electron chi connectivity index (χ4n) is 2.40. The predicted molar refractivity (Wildman–Crippen MR) is 93.0 cm³/mol. The van der Waals surface area contributed by atoms with Gasteiger partial charge in [-0.1, -0.05) is 6.07 Å². The first-order valence-electron chi connectivity index (χ1n) is 7.63. The lowest BCUT2D eigenvalue weighted by Gasteiger charge is -2.10. The normalized spacial score (nSPS) is 10.2. The fourth-order valence-corrected chi connectivity index (χ4v) is 2.40. The highest BCUT2D eigenvalue weighted by Gasteiger charge is 2.10. The lowest BCUT2D eigenvalue weighted by molar-refractivity contribution is -0.119. The standard InChI is InChI=1S/C18H15N5O2/c19-10-14-9-15(18(25)23-8-2-1-3-16(14)23)21-12-17(24)22-11-13-4-6-20-7-5-13/h1-9,21H,11-12H2,(H,22,24). The summed E-state index contributed by atoms with van der Waals surface area (Å²) in [4.78, 5) is 28.3. The van der Waals surface area contributed by atoms with Crippen LogP contribution in [0.3, 0.4) is 0 Å². The Morgan fingerprint density at radius 1 is 1.24 bits per heavy atom. The van der Waals surface area contributed by atoms with Crippen molar-refractivity contribution in [2.24, 2.45) is 0 Å². The molecule has 3 aromatic rings. The van der Waals surface area contributed by atoms with Crippen molar-refractivity contribution in [2.75, 3.05) is 11.9 Å². The number of amides is 1. The molecular weight excluding hydrogens is 318 g/mol. The highest BCUT2D eigenvalue weighted by atomic mass is 16.2. The zero-order valence-electron chi connectivity index (χ0n) is 13.3. The molecule has 3 rings (SSSR count). The molecule has 0 bridgehead atoms. The van der Waals surface area contributed by atoms with E-state index in [0.717, 1.165) is 5.56 Å². The minimum Gasteiger partial charge on any atom is -0.372 e. The minimum atomic E-state index is -0.309. The Labute approximate surface area is 143 Å². The molecule has 3 aromatic heterocycles. The number of hydrogen-bond donors (Lipinski definition) is 2. The van der Waals surface area contributed by atoms with Crippen LogP contribution in [-0.4, -0.2) is 21.8 Å². The van der Waals surface area contributed by atoms with Crippen molar-refractivity contribution in [1.29, 1.82) is 5.26 Å². The first kappa shape index (κ1) is 16.2. The van der Waals surface area contributed by atoms with Crippen LogP contribution in [0.2, 0.25) is 0 Å². The van der Waals surface area contributed by atoms with Gasteiger partial charge in [-0.05, 0) is 35.9 Å². The molecule has 0 aliphatic rings. The number of anilines is 1. The zero-order valence-corrected chi connectivity index (χ0v) is 13.3. The van der Waals surface area contributed by atoms with Crippen LogP contribution in [0.5, 0.6) is 0 Å². The first-order chi connectivity index (χ1) is 12.2. The molecule has 0 atom stereocenters. The van der Waals surface area contributed by atoms with Crippen LogP contribution in [0.1, 0.15) is 11.1 Å². The maximum atomic E-state index is 12.4. The highest BCUT2D eigenvalue weighted by molar-refractivity contribution is 5.81. The van der Waals surface area contributed by atoms with Gasteiger partial charge in [0.25, 0.3) is 5.56 Å². The summed E-state index contributed by atoms with van der Waals surface area (Å²) in [5.41, 5.74) is 1.72. The quantitative estimate of drug-likeness (QED) is 0.733.